The van der Waals surface area contributed by atoms with E-state index in [1.807, 2.05) is 0 Å². The molecule has 0 aliphatic heterocycles. The monoisotopic (exact) mass is 416 g/mol. The molecule has 0 rings (SSSR count). The van der Waals surface area contributed by atoms with Gasteiger partial charge in [-0.1, -0.05) is 0 Å². The summed E-state index contributed by atoms with van der Waals surface area (Å²) in [6.07, 6.45) is 0. The Hall–Kier alpha value is 0.462. The van der Waals surface area contributed by atoms with E-state index in [1.54, 1.807) is 0 Å². The molecule has 1 nitrogen and oxygen atoms in total. The Kier molecular flexibility index (Phi) is 5.36. The second kappa shape index (κ2) is 5.22. The first kappa shape index (κ1) is 17.5. The summed E-state index contributed by atoms with van der Waals surface area (Å²) in [5.41, 5.74) is 0.597. The van der Waals surface area contributed by atoms with E-state index in [2.05, 4.69) is 62.3 Å². The summed E-state index contributed by atoms with van der Waals surface area (Å²) in [6, 6.07) is 0. The summed E-state index contributed by atoms with van der Waals surface area (Å²) in [5.74, 6) is 0. The van der Waals surface area contributed by atoms with Crippen LogP contribution in [0.5, 0.6) is 0 Å². The van der Waals surface area contributed by atoms with Gasteiger partial charge in [-0.2, -0.15) is 0 Å². The summed E-state index contributed by atoms with van der Waals surface area (Å²) >= 11 is -3.13. The van der Waals surface area contributed by atoms with Crippen LogP contribution in [0.25, 0.3) is 0 Å². The van der Waals surface area contributed by atoms with E-state index in [0.717, 1.165) is 14.7 Å². The van der Waals surface area contributed by atoms with Crippen LogP contribution < -0.4 is 0 Å². The molecule has 106 valence electrons. The summed E-state index contributed by atoms with van der Waals surface area (Å²) in [5, 5.41) is 0. The van der Waals surface area contributed by atoms with Crippen molar-refractivity contribution in [2.24, 2.45) is 16.2 Å². The van der Waals surface area contributed by atoms with Gasteiger partial charge >= 0.3 is 112 Å². The van der Waals surface area contributed by atoms with Crippen LogP contribution in [-0.2, 0) is 19.0 Å². The molecule has 0 atom stereocenters. The summed E-state index contributed by atoms with van der Waals surface area (Å²) in [7, 11) is 0. The molecule has 0 aromatic carbocycles. The maximum atomic E-state index is 13.4. The van der Waals surface area contributed by atoms with Gasteiger partial charge in [-0.05, 0) is 0 Å². The first-order valence-corrected chi connectivity index (χ1v) is 13.4. The van der Waals surface area contributed by atoms with E-state index >= 15 is 0 Å². The third-order valence-corrected chi connectivity index (χ3v) is 15.8. The van der Waals surface area contributed by atoms with Gasteiger partial charge in [-0.15, -0.1) is 0 Å². The molecule has 0 saturated carbocycles. The van der Waals surface area contributed by atoms with E-state index in [9.17, 15) is 3.47 Å². The van der Waals surface area contributed by atoms with Crippen LogP contribution in [0.4, 0.5) is 0 Å². The molecule has 0 aliphatic rings. The Morgan fingerprint density at radius 2 is 0.765 bits per heavy atom. The predicted molar refractivity (Wildman–Crippen MR) is 73.5 cm³/mol. The van der Waals surface area contributed by atoms with Gasteiger partial charge in [0.2, 0.25) is 0 Å². The third kappa shape index (κ3) is 10.1. The Balaban J connectivity index is 5.03. The van der Waals surface area contributed by atoms with Gasteiger partial charge in [0.15, 0.2) is 0 Å². The van der Waals surface area contributed by atoms with Crippen molar-refractivity contribution in [3.8, 4) is 0 Å². The van der Waals surface area contributed by atoms with Crippen LogP contribution in [0.15, 0.2) is 0 Å². The van der Waals surface area contributed by atoms with Crippen molar-refractivity contribution in [1.82, 2.24) is 0 Å². The number of hydrogen-bond acceptors (Lipinski definition) is 1. The minimum absolute atomic E-state index is 0.199. The molecular weight excluding hydrogens is 382 g/mol. The average molecular weight is 416 g/mol. The van der Waals surface area contributed by atoms with Crippen LogP contribution in [0.1, 0.15) is 62.3 Å². The van der Waals surface area contributed by atoms with Crippen LogP contribution in [0, 0.1) is 16.2 Å². The molecule has 0 amide bonds. The summed E-state index contributed by atoms with van der Waals surface area (Å²) < 4.78 is 13.4. The molecule has 2 heteroatoms. The van der Waals surface area contributed by atoms with Crippen molar-refractivity contribution in [2.45, 2.75) is 77.0 Å². The molecule has 0 fully saturated rings. The van der Waals surface area contributed by atoms with E-state index in [1.165, 1.54) is 0 Å². The molecule has 0 spiro atoms. The molecule has 0 radical (unpaired) electrons. The molecule has 0 aromatic rings. The zero-order valence-corrected chi connectivity index (χ0v) is 16.1. The Labute approximate surface area is 112 Å². The Morgan fingerprint density at radius 1 is 0.588 bits per heavy atom. The van der Waals surface area contributed by atoms with E-state index in [0.29, 0.717) is 0 Å². The molecule has 0 N–H and O–H groups in total. The molecule has 0 saturated heterocycles. The predicted octanol–water partition coefficient (Wildman–Crippen LogP) is 5.88. The SMILES string of the molecule is CC(C)(C)[CH2][Re](=[O])([CH2]C(C)(C)C)[CH2]C(C)(C)C. The van der Waals surface area contributed by atoms with Crippen molar-refractivity contribution < 1.29 is 19.0 Å². The second-order valence-electron chi connectivity index (χ2n) is 8.98. The number of hydrogen-bond donors (Lipinski definition) is 0. The van der Waals surface area contributed by atoms with Crippen molar-refractivity contribution in [1.29, 1.82) is 0 Å². The number of rotatable bonds is 3. The van der Waals surface area contributed by atoms with Gasteiger partial charge in [-0.25, -0.2) is 0 Å². The minimum atomic E-state index is -3.13. The van der Waals surface area contributed by atoms with Crippen molar-refractivity contribution in [3.05, 3.63) is 0 Å². The van der Waals surface area contributed by atoms with Gasteiger partial charge in [0.25, 0.3) is 0 Å². The molecular formula is C15H33ORe. The second-order valence-corrected chi connectivity index (χ2v) is 18.3. The van der Waals surface area contributed by atoms with Crippen molar-refractivity contribution in [2.75, 3.05) is 0 Å². The fourth-order valence-electron chi connectivity index (χ4n) is 2.33. The van der Waals surface area contributed by atoms with Crippen LogP contribution >= 0.6 is 0 Å². The molecule has 0 aliphatic carbocycles. The zero-order chi connectivity index (χ0) is 14.1. The molecule has 0 unspecified atom stereocenters. The topological polar surface area (TPSA) is 17.1 Å². The van der Waals surface area contributed by atoms with Crippen molar-refractivity contribution in [3.63, 3.8) is 0 Å². The fourth-order valence-corrected chi connectivity index (χ4v) is 19.1. The third-order valence-electron chi connectivity index (χ3n) is 1.93. The quantitative estimate of drug-likeness (QED) is 0.563. The first-order chi connectivity index (χ1) is 7.12. The maximum absolute atomic E-state index is 13.4. The van der Waals surface area contributed by atoms with Gasteiger partial charge in [0.1, 0.15) is 0 Å². The molecule has 17 heavy (non-hydrogen) atoms. The molecule has 0 bridgehead atoms. The van der Waals surface area contributed by atoms with Crippen LogP contribution in [0.2, 0.25) is 14.7 Å². The van der Waals surface area contributed by atoms with Gasteiger partial charge in [0.05, 0.1) is 0 Å². The van der Waals surface area contributed by atoms with Crippen LogP contribution in [0.3, 0.4) is 0 Å². The van der Waals surface area contributed by atoms with Gasteiger partial charge in [0, 0.05) is 0 Å². The Morgan fingerprint density at radius 3 is 0.882 bits per heavy atom. The zero-order valence-electron chi connectivity index (χ0n) is 13.4. The van der Waals surface area contributed by atoms with Gasteiger partial charge < -0.3 is 0 Å². The Bertz CT molecular complexity index is 236. The molecule has 0 heterocycles. The van der Waals surface area contributed by atoms with Gasteiger partial charge in [-0.3, -0.25) is 0 Å². The summed E-state index contributed by atoms with van der Waals surface area (Å²) in [6.45, 7) is 20.0. The summed E-state index contributed by atoms with van der Waals surface area (Å²) in [4.78, 5) is 2.88. The average Bonchev–Trinajstić information content (AvgIpc) is 1.65. The first-order valence-electron chi connectivity index (χ1n) is 6.52. The fraction of sp³-hybridized carbons (Fsp3) is 1.00. The van der Waals surface area contributed by atoms with E-state index in [4.69, 9.17) is 0 Å². The van der Waals surface area contributed by atoms with E-state index < -0.39 is 15.5 Å². The molecule has 0 aromatic heterocycles. The van der Waals surface area contributed by atoms with Crippen molar-refractivity contribution >= 4 is 0 Å². The van der Waals surface area contributed by atoms with Crippen LogP contribution in [-0.4, -0.2) is 0 Å². The normalized spacial score (nSPS) is 16.1. The standard InChI is InChI=1S/3C5H11.O.Re/c3*1-5(2,3)4;;/h3*1H2,2-4H3;;. The van der Waals surface area contributed by atoms with E-state index in [-0.39, 0.29) is 16.2 Å².